The number of hydrogen-bond donors (Lipinski definition) is 0. The Hall–Kier alpha value is -0.330. The third-order valence-corrected chi connectivity index (χ3v) is 2.17. The van der Waals surface area contributed by atoms with Gasteiger partial charge in [-0.1, -0.05) is 0 Å². The summed E-state index contributed by atoms with van der Waals surface area (Å²) in [5.41, 5.74) is -0.928. The van der Waals surface area contributed by atoms with E-state index in [4.69, 9.17) is 0 Å². The van der Waals surface area contributed by atoms with E-state index in [0.29, 0.717) is 6.07 Å². The number of benzene rings is 1. The van der Waals surface area contributed by atoms with Gasteiger partial charge in [0.15, 0.2) is 0 Å². The molecule has 0 saturated carbocycles. The Morgan fingerprint density at radius 1 is 1.17 bits per heavy atom. The van der Waals surface area contributed by atoms with E-state index >= 15 is 0 Å². The average Bonchev–Trinajstić information content (AvgIpc) is 1.92. The van der Waals surface area contributed by atoms with Gasteiger partial charge in [-0.2, -0.15) is 13.2 Å². The van der Waals surface area contributed by atoms with E-state index in [9.17, 15) is 17.6 Å². The summed E-state index contributed by atoms with van der Waals surface area (Å²) in [7, 11) is 0. The van der Waals surface area contributed by atoms with Gasteiger partial charge in [-0.3, -0.25) is 0 Å². The second-order valence-corrected chi connectivity index (χ2v) is 3.28. The summed E-state index contributed by atoms with van der Waals surface area (Å²) in [5, 5.41) is 0. The second-order valence-electron chi connectivity index (χ2n) is 2.12. The van der Waals surface area contributed by atoms with Gasteiger partial charge in [-0.25, -0.2) is 4.39 Å². The molecular weight excluding hydrogens is 287 g/mol. The smallest absolute Gasteiger partial charge is 0.207 e. The van der Waals surface area contributed by atoms with Gasteiger partial charge in [0.2, 0.25) is 0 Å². The monoisotopic (exact) mass is 290 g/mol. The normalized spacial score (nSPS) is 11.8. The van der Waals surface area contributed by atoms with Crippen LogP contribution in [0.15, 0.2) is 18.2 Å². The number of alkyl halides is 3. The van der Waals surface area contributed by atoms with Crippen molar-refractivity contribution in [1.82, 2.24) is 0 Å². The zero-order chi connectivity index (χ0) is 9.35. The van der Waals surface area contributed by atoms with Crippen LogP contribution in [-0.2, 0) is 6.18 Å². The predicted octanol–water partition coefficient (Wildman–Crippen LogP) is 3.45. The molecule has 12 heavy (non-hydrogen) atoms. The third kappa shape index (κ3) is 2.09. The van der Waals surface area contributed by atoms with Crippen LogP contribution >= 0.6 is 22.6 Å². The summed E-state index contributed by atoms with van der Waals surface area (Å²) in [6, 6.07) is 2.58. The summed E-state index contributed by atoms with van der Waals surface area (Å²) < 4.78 is 48.5. The van der Waals surface area contributed by atoms with Gasteiger partial charge in [0.1, 0.15) is 5.82 Å². The van der Waals surface area contributed by atoms with Crippen molar-refractivity contribution in [1.29, 1.82) is 0 Å². The van der Waals surface area contributed by atoms with E-state index in [1.165, 1.54) is 22.6 Å². The minimum atomic E-state index is -4.47. The standard InChI is InChI=1S/C7H3F4I/c8-4-1-2-6(12)5(3-4)7(9,10)11/h1-3H. The molecule has 0 atom stereocenters. The minimum Gasteiger partial charge on any atom is -0.207 e. The van der Waals surface area contributed by atoms with Crippen molar-refractivity contribution < 1.29 is 17.6 Å². The van der Waals surface area contributed by atoms with E-state index in [2.05, 4.69) is 0 Å². The molecule has 0 bridgehead atoms. The molecule has 0 aromatic heterocycles. The fourth-order valence-corrected chi connectivity index (χ4v) is 1.36. The average molecular weight is 290 g/mol. The first-order valence-corrected chi connectivity index (χ1v) is 4.01. The molecule has 1 rings (SSSR count). The van der Waals surface area contributed by atoms with Crippen LogP contribution in [0.5, 0.6) is 0 Å². The minimum absolute atomic E-state index is 0.00139. The molecule has 0 aliphatic carbocycles. The van der Waals surface area contributed by atoms with Gasteiger partial charge < -0.3 is 0 Å². The molecule has 0 N–H and O–H groups in total. The molecule has 0 radical (unpaired) electrons. The van der Waals surface area contributed by atoms with Crippen LogP contribution in [0.25, 0.3) is 0 Å². The highest BCUT2D eigenvalue weighted by molar-refractivity contribution is 14.1. The molecule has 1 aromatic carbocycles. The zero-order valence-corrected chi connectivity index (χ0v) is 7.78. The molecule has 0 aliphatic heterocycles. The fraction of sp³-hybridized carbons (Fsp3) is 0.143. The predicted molar refractivity (Wildman–Crippen MR) is 44.1 cm³/mol. The van der Waals surface area contributed by atoms with Gasteiger partial charge in [-0.15, -0.1) is 0 Å². The van der Waals surface area contributed by atoms with Crippen LogP contribution in [0.3, 0.4) is 0 Å². The van der Waals surface area contributed by atoms with Crippen molar-refractivity contribution in [2.45, 2.75) is 6.18 Å². The largest absolute Gasteiger partial charge is 0.417 e. The molecule has 0 fully saturated rings. The summed E-state index contributed by atoms with van der Waals surface area (Å²) in [6.07, 6.45) is -4.47. The van der Waals surface area contributed by atoms with Crippen molar-refractivity contribution in [3.8, 4) is 0 Å². The quantitative estimate of drug-likeness (QED) is 0.507. The molecule has 0 heterocycles. The van der Waals surface area contributed by atoms with Gasteiger partial charge in [-0.05, 0) is 40.8 Å². The third-order valence-electron chi connectivity index (χ3n) is 1.23. The van der Waals surface area contributed by atoms with E-state index < -0.39 is 17.6 Å². The maximum absolute atomic E-state index is 12.4. The van der Waals surface area contributed by atoms with E-state index in [-0.39, 0.29) is 3.57 Å². The number of halogens is 5. The summed E-state index contributed by atoms with van der Waals surface area (Å²) in [6.45, 7) is 0. The van der Waals surface area contributed by atoms with Crippen molar-refractivity contribution in [2.24, 2.45) is 0 Å². The Kier molecular flexibility index (Phi) is 2.60. The molecule has 0 unspecified atom stereocenters. The van der Waals surface area contributed by atoms with Crippen LogP contribution in [0.1, 0.15) is 5.56 Å². The van der Waals surface area contributed by atoms with Crippen LogP contribution in [-0.4, -0.2) is 0 Å². The summed E-state index contributed by atoms with van der Waals surface area (Å²) in [4.78, 5) is 0. The number of rotatable bonds is 0. The molecule has 0 saturated heterocycles. The van der Waals surface area contributed by atoms with Crippen LogP contribution in [0.2, 0.25) is 0 Å². The van der Waals surface area contributed by atoms with Crippen molar-refractivity contribution >= 4 is 22.6 Å². The Morgan fingerprint density at radius 3 is 2.17 bits per heavy atom. The second kappa shape index (κ2) is 3.20. The Labute approximate surface area is 79.7 Å². The van der Waals surface area contributed by atoms with Gasteiger partial charge in [0, 0.05) is 3.57 Å². The molecule has 1 aromatic rings. The topological polar surface area (TPSA) is 0 Å². The maximum Gasteiger partial charge on any atom is 0.417 e. The molecule has 0 spiro atoms. The van der Waals surface area contributed by atoms with Crippen LogP contribution < -0.4 is 0 Å². The highest BCUT2D eigenvalue weighted by atomic mass is 127. The van der Waals surface area contributed by atoms with E-state index in [1.54, 1.807) is 0 Å². The number of hydrogen-bond acceptors (Lipinski definition) is 0. The first-order valence-electron chi connectivity index (χ1n) is 2.93. The molecule has 0 aliphatic rings. The van der Waals surface area contributed by atoms with Crippen molar-refractivity contribution in [3.63, 3.8) is 0 Å². The molecule has 0 amide bonds. The Bertz CT molecular complexity index is 292. The Balaban J connectivity index is 3.23. The van der Waals surface area contributed by atoms with Gasteiger partial charge in [0.25, 0.3) is 0 Å². The van der Waals surface area contributed by atoms with Crippen LogP contribution in [0.4, 0.5) is 17.6 Å². The first kappa shape index (κ1) is 9.76. The van der Waals surface area contributed by atoms with Crippen molar-refractivity contribution in [3.05, 3.63) is 33.1 Å². The first-order chi connectivity index (χ1) is 5.41. The fourth-order valence-electron chi connectivity index (χ4n) is 0.715. The highest BCUT2D eigenvalue weighted by Gasteiger charge is 2.33. The SMILES string of the molecule is Fc1ccc(I)c(C(F)(F)F)c1. The van der Waals surface area contributed by atoms with Crippen molar-refractivity contribution in [2.75, 3.05) is 0 Å². The molecular formula is C7H3F4I. The lowest BCUT2D eigenvalue weighted by Crippen LogP contribution is -2.07. The Morgan fingerprint density at radius 2 is 1.75 bits per heavy atom. The highest BCUT2D eigenvalue weighted by Crippen LogP contribution is 2.32. The molecule has 5 heteroatoms. The maximum atomic E-state index is 12.4. The summed E-state index contributed by atoms with van der Waals surface area (Å²) >= 11 is 1.52. The lowest BCUT2D eigenvalue weighted by Gasteiger charge is -2.07. The van der Waals surface area contributed by atoms with E-state index in [0.717, 1.165) is 12.1 Å². The lowest BCUT2D eigenvalue weighted by atomic mass is 10.2. The zero-order valence-electron chi connectivity index (χ0n) is 5.62. The summed E-state index contributed by atoms with van der Waals surface area (Å²) in [5.74, 6) is -0.872. The van der Waals surface area contributed by atoms with Gasteiger partial charge >= 0.3 is 6.18 Å². The lowest BCUT2D eigenvalue weighted by molar-refractivity contribution is -0.138. The van der Waals surface area contributed by atoms with Crippen LogP contribution in [0, 0.1) is 9.39 Å². The molecule has 0 nitrogen and oxygen atoms in total. The molecule has 66 valence electrons. The van der Waals surface area contributed by atoms with Gasteiger partial charge in [0.05, 0.1) is 5.56 Å². The van der Waals surface area contributed by atoms with E-state index in [1.807, 2.05) is 0 Å².